The predicted molar refractivity (Wildman–Crippen MR) is 61.6 cm³/mol. The lowest BCUT2D eigenvalue weighted by molar-refractivity contribution is -0.144. The fraction of sp³-hybridized carbons (Fsp3) is 0.667. The Hall–Kier alpha value is -0.960. The standard InChI is InChI=1S/C9H16O6S.H3N/c1-5-8(10)13-7-14-16(11,12)15-9(3,4)6-2;/h5H,1,6-7H2,2-4H3;1H3. The number of carbonyl (C=O) groups excluding carboxylic acids is 1. The quantitative estimate of drug-likeness (QED) is 0.421. The number of carbonyl (C=O) groups is 1. The molecular weight excluding hydrogens is 250 g/mol. The van der Waals surface area contributed by atoms with E-state index in [9.17, 15) is 13.2 Å². The van der Waals surface area contributed by atoms with Gasteiger partial charge in [0.1, 0.15) is 0 Å². The van der Waals surface area contributed by atoms with Crippen molar-refractivity contribution in [2.45, 2.75) is 32.8 Å². The van der Waals surface area contributed by atoms with E-state index in [-0.39, 0.29) is 6.15 Å². The number of hydrogen-bond donors (Lipinski definition) is 1. The first kappa shape index (κ1) is 18.4. The summed E-state index contributed by atoms with van der Waals surface area (Å²) >= 11 is 0. The van der Waals surface area contributed by atoms with E-state index in [1.807, 2.05) is 0 Å². The van der Waals surface area contributed by atoms with Gasteiger partial charge in [0.05, 0.1) is 5.60 Å². The van der Waals surface area contributed by atoms with Gasteiger partial charge in [0.2, 0.25) is 6.79 Å². The van der Waals surface area contributed by atoms with Gasteiger partial charge in [-0.15, -0.1) is 0 Å². The maximum Gasteiger partial charge on any atom is 0.403 e. The Morgan fingerprint density at radius 2 is 1.94 bits per heavy atom. The lowest BCUT2D eigenvalue weighted by atomic mass is 10.1. The maximum atomic E-state index is 11.2. The second-order valence-corrected chi connectivity index (χ2v) is 4.73. The third-order valence-corrected chi connectivity index (χ3v) is 2.78. The minimum Gasteiger partial charge on any atom is -0.434 e. The minimum atomic E-state index is -4.17. The molecule has 0 amide bonds. The summed E-state index contributed by atoms with van der Waals surface area (Å²) in [6, 6.07) is 0. The monoisotopic (exact) mass is 269 g/mol. The van der Waals surface area contributed by atoms with Crippen molar-refractivity contribution in [1.29, 1.82) is 0 Å². The highest BCUT2D eigenvalue weighted by molar-refractivity contribution is 7.81. The van der Waals surface area contributed by atoms with E-state index in [2.05, 4.69) is 15.5 Å². The summed E-state index contributed by atoms with van der Waals surface area (Å²) in [5.74, 6) is -0.773. The first-order chi connectivity index (χ1) is 7.22. The molecular formula is C9H19NO6S. The van der Waals surface area contributed by atoms with E-state index in [4.69, 9.17) is 4.18 Å². The molecule has 0 aliphatic heterocycles. The van der Waals surface area contributed by atoms with Crippen LogP contribution < -0.4 is 6.15 Å². The summed E-state index contributed by atoms with van der Waals surface area (Å²) < 4.78 is 35.8. The zero-order valence-corrected chi connectivity index (χ0v) is 11.1. The van der Waals surface area contributed by atoms with Crippen LogP contribution in [0.25, 0.3) is 0 Å². The molecule has 0 rings (SSSR count). The van der Waals surface area contributed by atoms with Crippen LogP contribution in [-0.2, 0) is 28.3 Å². The van der Waals surface area contributed by atoms with Crippen LogP contribution in [0.5, 0.6) is 0 Å². The van der Waals surface area contributed by atoms with Gasteiger partial charge in [-0.2, -0.15) is 8.42 Å². The molecule has 0 fully saturated rings. The highest BCUT2D eigenvalue weighted by atomic mass is 32.3. The Bertz CT molecular complexity index is 348. The van der Waals surface area contributed by atoms with Crippen LogP contribution in [0.3, 0.4) is 0 Å². The van der Waals surface area contributed by atoms with Crippen molar-refractivity contribution in [1.82, 2.24) is 6.15 Å². The van der Waals surface area contributed by atoms with Gasteiger partial charge in [-0.25, -0.2) is 13.2 Å². The highest BCUT2D eigenvalue weighted by Gasteiger charge is 2.25. The average molecular weight is 269 g/mol. The summed E-state index contributed by atoms with van der Waals surface area (Å²) in [7, 11) is -4.17. The molecule has 7 nitrogen and oxygen atoms in total. The Labute approximate surface area is 102 Å². The van der Waals surface area contributed by atoms with Crippen LogP contribution in [0, 0.1) is 0 Å². The van der Waals surface area contributed by atoms with Gasteiger partial charge >= 0.3 is 16.4 Å². The van der Waals surface area contributed by atoms with Crippen LogP contribution in [0.4, 0.5) is 0 Å². The highest BCUT2D eigenvalue weighted by Crippen LogP contribution is 2.17. The molecule has 8 heteroatoms. The van der Waals surface area contributed by atoms with Crippen LogP contribution in [0.2, 0.25) is 0 Å². The molecule has 0 radical (unpaired) electrons. The molecule has 0 aliphatic carbocycles. The number of rotatable bonds is 7. The lowest BCUT2D eigenvalue weighted by Crippen LogP contribution is -2.28. The molecule has 0 saturated heterocycles. The van der Waals surface area contributed by atoms with Gasteiger partial charge in [0.25, 0.3) is 0 Å². The van der Waals surface area contributed by atoms with Gasteiger partial charge in [-0.1, -0.05) is 13.5 Å². The van der Waals surface area contributed by atoms with E-state index >= 15 is 0 Å². The normalized spacial score (nSPS) is 11.5. The van der Waals surface area contributed by atoms with Crippen molar-refractivity contribution in [3.8, 4) is 0 Å². The summed E-state index contributed by atoms with van der Waals surface area (Å²) in [5, 5.41) is 0. The third-order valence-electron chi connectivity index (χ3n) is 1.74. The molecule has 17 heavy (non-hydrogen) atoms. The molecule has 0 atom stereocenters. The van der Waals surface area contributed by atoms with E-state index in [1.165, 1.54) is 0 Å². The van der Waals surface area contributed by atoms with Crippen LogP contribution in [-0.4, -0.2) is 26.8 Å². The fourth-order valence-corrected chi connectivity index (χ4v) is 1.44. The molecule has 0 aliphatic rings. The third kappa shape index (κ3) is 8.81. The first-order valence-electron chi connectivity index (χ1n) is 4.61. The van der Waals surface area contributed by atoms with Crippen LogP contribution >= 0.6 is 0 Å². The van der Waals surface area contributed by atoms with Crippen molar-refractivity contribution in [2.75, 3.05) is 6.79 Å². The Kier molecular flexibility index (Phi) is 7.99. The molecule has 0 bridgehead atoms. The van der Waals surface area contributed by atoms with Crippen molar-refractivity contribution >= 4 is 16.4 Å². The topological polar surface area (TPSA) is 114 Å². The molecule has 0 unspecified atom stereocenters. The van der Waals surface area contributed by atoms with Gasteiger partial charge in [-0.3, -0.25) is 0 Å². The van der Waals surface area contributed by atoms with Crippen molar-refractivity contribution in [3.63, 3.8) is 0 Å². The van der Waals surface area contributed by atoms with E-state index in [1.54, 1.807) is 20.8 Å². The summed E-state index contributed by atoms with van der Waals surface area (Å²) in [4.78, 5) is 10.6. The molecule has 0 aromatic rings. The molecule has 0 aromatic heterocycles. The van der Waals surface area contributed by atoms with Crippen molar-refractivity contribution in [2.24, 2.45) is 0 Å². The molecule has 3 N–H and O–H groups in total. The van der Waals surface area contributed by atoms with E-state index < -0.39 is 28.8 Å². The van der Waals surface area contributed by atoms with Gasteiger partial charge in [0, 0.05) is 6.08 Å². The van der Waals surface area contributed by atoms with Crippen molar-refractivity contribution in [3.05, 3.63) is 12.7 Å². The summed E-state index contributed by atoms with van der Waals surface area (Å²) in [6.07, 6.45) is 1.38. The summed E-state index contributed by atoms with van der Waals surface area (Å²) in [6.45, 7) is 7.38. The zero-order valence-electron chi connectivity index (χ0n) is 10.3. The first-order valence-corrected chi connectivity index (χ1v) is 5.95. The molecule has 0 spiro atoms. The van der Waals surface area contributed by atoms with Gasteiger partial charge in [-0.05, 0) is 20.3 Å². The molecule has 0 saturated carbocycles. The molecule has 102 valence electrons. The van der Waals surface area contributed by atoms with Crippen molar-refractivity contribution < 1.29 is 26.3 Å². The lowest BCUT2D eigenvalue weighted by Gasteiger charge is -2.21. The smallest absolute Gasteiger partial charge is 0.403 e. The molecule has 0 heterocycles. The predicted octanol–water partition coefficient (Wildman–Crippen LogP) is 1.30. The SMILES string of the molecule is C=CC(=O)OCOS(=O)(=O)OC(C)(C)CC.N. The Balaban J connectivity index is 0. The average Bonchev–Trinajstić information content (AvgIpc) is 2.15. The Morgan fingerprint density at radius 3 is 2.35 bits per heavy atom. The largest absolute Gasteiger partial charge is 0.434 e. The number of hydrogen-bond acceptors (Lipinski definition) is 7. The van der Waals surface area contributed by atoms with E-state index in [0.717, 1.165) is 6.08 Å². The fourth-order valence-electron chi connectivity index (χ4n) is 0.559. The second-order valence-electron chi connectivity index (χ2n) is 3.51. The van der Waals surface area contributed by atoms with Crippen LogP contribution in [0.1, 0.15) is 27.2 Å². The van der Waals surface area contributed by atoms with Crippen LogP contribution in [0.15, 0.2) is 12.7 Å². The molecule has 0 aromatic carbocycles. The number of esters is 1. The number of ether oxygens (including phenoxy) is 1. The minimum absolute atomic E-state index is 0. The summed E-state index contributed by atoms with van der Waals surface area (Å²) in [5.41, 5.74) is -0.860. The maximum absolute atomic E-state index is 11.2. The second kappa shape index (κ2) is 7.38. The van der Waals surface area contributed by atoms with Gasteiger partial charge < -0.3 is 10.9 Å². The van der Waals surface area contributed by atoms with Gasteiger partial charge in [0.15, 0.2) is 0 Å². The van der Waals surface area contributed by atoms with E-state index in [0.29, 0.717) is 6.42 Å². The zero-order chi connectivity index (χ0) is 12.8. The Morgan fingerprint density at radius 1 is 1.41 bits per heavy atom.